The van der Waals surface area contributed by atoms with E-state index in [2.05, 4.69) is 15.3 Å². The minimum absolute atomic E-state index is 0.0754. The Hall–Kier alpha value is -1.53. The van der Waals surface area contributed by atoms with Gasteiger partial charge in [-0.25, -0.2) is 4.98 Å². The first-order chi connectivity index (χ1) is 7.47. The Morgan fingerprint density at radius 2 is 2.06 bits per heavy atom. The van der Waals surface area contributed by atoms with E-state index >= 15 is 0 Å². The van der Waals surface area contributed by atoms with Gasteiger partial charge in [0.1, 0.15) is 0 Å². The number of hydrogen-bond donors (Lipinski definition) is 1. The Labute approximate surface area is 90.9 Å². The van der Waals surface area contributed by atoms with Crippen LogP contribution in [0.1, 0.15) is 19.0 Å². The highest BCUT2D eigenvalue weighted by Gasteiger charge is 2.33. The van der Waals surface area contributed by atoms with E-state index in [-0.39, 0.29) is 11.8 Å². The van der Waals surface area contributed by atoms with Crippen LogP contribution in [-0.4, -0.2) is 23.6 Å². The third-order valence-electron chi connectivity index (χ3n) is 1.67. The van der Waals surface area contributed by atoms with Crippen molar-refractivity contribution in [1.82, 2.24) is 9.97 Å². The third-order valence-corrected chi connectivity index (χ3v) is 1.67. The molecule has 4 nitrogen and oxygen atoms in total. The summed E-state index contributed by atoms with van der Waals surface area (Å²) in [6.45, 7) is 2.17. The van der Waals surface area contributed by atoms with Crippen molar-refractivity contribution in [2.45, 2.75) is 19.5 Å². The van der Waals surface area contributed by atoms with Crippen LogP contribution >= 0.6 is 0 Å². The van der Waals surface area contributed by atoms with Gasteiger partial charge in [-0.2, -0.15) is 18.2 Å². The van der Waals surface area contributed by atoms with Crippen LogP contribution in [0.4, 0.5) is 19.1 Å². The minimum atomic E-state index is -4.50. The molecule has 0 radical (unpaired) electrons. The standard InChI is InChI=1S/C9H12F3N3O/c1-3-4-16-7-5-6(9(10,11)12)14-8(13-2)15-7/h5H,3-4H2,1-2H3,(H,13,14,15). The quantitative estimate of drug-likeness (QED) is 0.870. The van der Waals surface area contributed by atoms with Gasteiger partial charge in [-0.15, -0.1) is 0 Å². The average molecular weight is 235 g/mol. The van der Waals surface area contributed by atoms with E-state index in [4.69, 9.17) is 4.74 Å². The lowest BCUT2D eigenvalue weighted by Gasteiger charge is -2.10. The first-order valence-electron chi connectivity index (χ1n) is 4.74. The van der Waals surface area contributed by atoms with E-state index in [1.165, 1.54) is 7.05 Å². The van der Waals surface area contributed by atoms with Crippen molar-refractivity contribution < 1.29 is 17.9 Å². The maximum Gasteiger partial charge on any atom is 0.433 e. The number of aromatic nitrogens is 2. The number of ether oxygens (including phenoxy) is 1. The smallest absolute Gasteiger partial charge is 0.433 e. The molecule has 0 aromatic carbocycles. The molecule has 0 amide bonds. The van der Waals surface area contributed by atoms with E-state index < -0.39 is 11.9 Å². The van der Waals surface area contributed by atoms with Crippen LogP contribution in [0, 0.1) is 0 Å². The van der Waals surface area contributed by atoms with Gasteiger partial charge < -0.3 is 10.1 Å². The van der Waals surface area contributed by atoms with Crippen molar-refractivity contribution in [2.75, 3.05) is 19.0 Å². The summed E-state index contributed by atoms with van der Waals surface area (Å²) in [5.74, 6) is -0.186. The van der Waals surface area contributed by atoms with Crippen LogP contribution in [0.25, 0.3) is 0 Å². The van der Waals surface area contributed by atoms with Gasteiger partial charge in [0.25, 0.3) is 0 Å². The van der Waals surface area contributed by atoms with E-state index in [9.17, 15) is 13.2 Å². The lowest BCUT2D eigenvalue weighted by atomic mass is 10.4. The number of halogens is 3. The molecular formula is C9H12F3N3O. The molecule has 0 bridgehead atoms. The summed E-state index contributed by atoms with van der Waals surface area (Å²) in [5.41, 5.74) is -1.02. The molecule has 0 aliphatic rings. The van der Waals surface area contributed by atoms with Crippen LogP contribution in [0.15, 0.2) is 6.07 Å². The molecule has 0 saturated heterocycles. The zero-order valence-electron chi connectivity index (χ0n) is 8.93. The van der Waals surface area contributed by atoms with E-state index in [1.807, 2.05) is 6.92 Å². The summed E-state index contributed by atoms with van der Waals surface area (Å²) < 4.78 is 42.3. The number of alkyl halides is 3. The fourth-order valence-corrected chi connectivity index (χ4v) is 0.963. The predicted molar refractivity (Wildman–Crippen MR) is 52.4 cm³/mol. The normalized spacial score (nSPS) is 11.3. The summed E-state index contributed by atoms with van der Waals surface area (Å²) in [4.78, 5) is 7.06. The van der Waals surface area contributed by atoms with E-state index in [0.717, 1.165) is 6.07 Å². The number of nitrogens with one attached hydrogen (secondary N) is 1. The lowest BCUT2D eigenvalue weighted by molar-refractivity contribution is -0.141. The Balaban J connectivity index is 3.01. The number of anilines is 1. The predicted octanol–water partition coefficient (Wildman–Crippen LogP) is 2.33. The van der Waals surface area contributed by atoms with Crippen molar-refractivity contribution in [3.63, 3.8) is 0 Å². The Kier molecular flexibility index (Phi) is 3.92. The van der Waals surface area contributed by atoms with Crippen molar-refractivity contribution >= 4 is 5.95 Å². The molecule has 0 saturated carbocycles. The second kappa shape index (κ2) is 5.00. The molecule has 90 valence electrons. The van der Waals surface area contributed by atoms with E-state index in [0.29, 0.717) is 13.0 Å². The molecule has 1 aromatic heterocycles. The average Bonchev–Trinajstić information content (AvgIpc) is 2.24. The van der Waals surface area contributed by atoms with Gasteiger partial charge in [0.2, 0.25) is 11.8 Å². The van der Waals surface area contributed by atoms with Crippen molar-refractivity contribution in [3.8, 4) is 5.88 Å². The molecule has 1 heterocycles. The molecular weight excluding hydrogens is 223 g/mol. The van der Waals surface area contributed by atoms with Gasteiger partial charge in [-0.3, -0.25) is 0 Å². The van der Waals surface area contributed by atoms with Crippen LogP contribution in [0.3, 0.4) is 0 Å². The first-order valence-corrected chi connectivity index (χ1v) is 4.74. The monoisotopic (exact) mass is 235 g/mol. The van der Waals surface area contributed by atoms with Gasteiger partial charge in [0.05, 0.1) is 6.61 Å². The van der Waals surface area contributed by atoms with Gasteiger partial charge in [-0.1, -0.05) is 6.92 Å². The highest BCUT2D eigenvalue weighted by Crippen LogP contribution is 2.30. The molecule has 16 heavy (non-hydrogen) atoms. The van der Waals surface area contributed by atoms with Gasteiger partial charge in [0, 0.05) is 13.1 Å². The number of nitrogens with zero attached hydrogens (tertiary/aromatic N) is 2. The Morgan fingerprint density at radius 1 is 1.38 bits per heavy atom. The SMILES string of the molecule is CCCOc1cc(C(F)(F)F)nc(NC)n1. The Morgan fingerprint density at radius 3 is 2.56 bits per heavy atom. The molecule has 7 heteroatoms. The van der Waals surface area contributed by atoms with E-state index in [1.54, 1.807) is 0 Å². The first kappa shape index (κ1) is 12.5. The van der Waals surface area contributed by atoms with Gasteiger partial charge in [0.15, 0.2) is 5.69 Å². The summed E-state index contributed by atoms with van der Waals surface area (Å²) in [6, 6.07) is 0.788. The zero-order chi connectivity index (χ0) is 12.2. The zero-order valence-corrected chi connectivity index (χ0v) is 8.93. The maximum absolute atomic E-state index is 12.4. The molecule has 0 spiro atoms. The second-order valence-electron chi connectivity index (χ2n) is 3.01. The summed E-state index contributed by atoms with van der Waals surface area (Å²) in [7, 11) is 1.44. The maximum atomic E-state index is 12.4. The molecule has 0 atom stereocenters. The van der Waals surface area contributed by atoms with Crippen LogP contribution in [0.5, 0.6) is 5.88 Å². The van der Waals surface area contributed by atoms with Crippen molar-refractivity contribution in [2.24, 2.45) is 0 Å². The molecule has 0 unspecified atom stereocenters. The summed E-state index contributed by atoms with van der Waals surface area (Å²) >= 11 is 0. The van der Waals surface area contributed by atoms with Crippen molar-refractivity contribution in [1.29, 1.82) is 0 Å². The molecule has 0 fully saturated rings. The molecule has 1 aromatic rings. The topological polar surface area (TPSA) is 47.0 Å². The number of rotatable bonds is 4. The van der Waals surface area contributed by atoms with Crippen molar-refractivity contribution in [3.05, 3.63) is 11.8 Å². The second-order valence-corrected chi connectivity index (χ2v) is 3.01. The summed E-state index contributed by atoms with van der Waals surface area (Å²) in [6.07, 6.45) is -3.81. The van der Waals surface area contributed by atoms with Crippen LogP contribution in [0.2, 0.25) is 0 Å². The van der Waals surface area contributed by atoms with Gasteiger partial charge in [-0.05, 0) is 6.42 Å². The third kappa shape index (κ3) is 3.25. The van der Waals surface area contributed by atoms with Crippen LogP contribution in [-0.2, 0) is 6.18 Å². The molecule has 0 aliphatic heterocycles. The van der Waals surface area contributed by atoms with Crippen LogP contribution < -0.4 is 10.1 Å². The summed E-state index contributed by atoms with van der Waals surface area (Å²) in [5, 5.41) is 2.45. The fraction of sp³-hybridized carbons (Fsp3) is 0.556. The highest BCUT2D eigenvalue weighted by molar-refractivity contribution is 5.31. The molecule has 0 aliphatic carbocycles. The lowest BCUT2D eigenvalue weighted by Crippen LogP contribution is -2.12. The largest absolute Gasteiger partial charge is 0.478 e. The number of hydrogen-bond acceptors (Lipinski definition) is 4. The Bertz CT molecular complexity index is 354. The highest BCUT2D eigenvalue weighted by atomic mass is 19.4. The molecule has 1 N–H and O–H groups in total. The minimum Gasteiger partial charge on any atom is -0.478 e. The molecule has 1 rings (SSSR count). The van der Waals surface area contributed by atoms with Gasteiger partial charge >= 0.3 is 6.18 Å². The fourth-order valence-electron chi connectivity index (χ4n) is 0.963.